The quantitative estimate of drug-likeness (QED) is 0.657. The van der Waals surface area contributed by atoms with Gasteiger partial charge in [-0.2, -0.15) is 9.78 Å². The highest BCUT2D eigenvalue weighted by Crippen LogP contribution is 2.43. The number of thiophene rings is 1. The van der Waals surface area contributed by atoms with Crippen molar-refractivity contribution in [1.29, 1.82) is 0 Å². The monoisotopic (exact) mass is 359 g/mol. The Labute approximate surface area is 146 Å². The van der Waals surface area contributed by atoms with Crippen LogP contribution in [-0.2, 0) is 12.8 Å². The first kappa shape index (κ1) is 15.5. The predicted octanol–water partition coefficient (Wildman–Crippen LogP) is 3.43. The average molecular weight is 360 g/mol. The molecule has 24 heavy (non-hydrogen) atoms. The zero-order chi connectivity index (χ0) is 17.1. The van der Waals surface area contributed by atoms with Crippen molar-refractivity contribution in [2.45, 2.75) is 26.7 Å². The van der Waals surface area contributed by atoms with Gasteiger partial charge in [0, 0.05) is 16.5 Å². The molecule has 1 aliphatic rings. The second kappa shape index (κ2) is 5.22. The number of aldehydes is 1. The Morgan fingerprint density at radius 3 is 2.92 bits per heavy atom. The first-order valence-corrected chi connectivity index (χ1v) is 8.73. The zero-order valence-electron chi connectivity index (χ0n) is 13.2. The molecule has 0 spiro atoms. The minimum atomic E-state index is -0.262. The van der Waals surface area contributed by atoms with Crippen molar-refractivity contribution >= 4 is 39.3 Å². The molecule has 0 radical (unpaired) electrons. The molecule has 0 aromatic carbocycles. The summed E-state index contributed by atoms with van der Waals surface area (Å²) in [6.45, 7) is 4.46. The van der Waals surface area contributed by atoms with E-state index < -0.39 is 0 Å². The van der Waals surface area contributed by atoms with Crippen LogP contribution in [0.1, 0.15) is 34.6 Å². The van der Waals surface area contributed by atoms with Crippen molar-refractivity contribution in [2.75, 3.05) is 0 Å². The summed E-state index contributed by atoms with van der Waals surface area (Å²) < 4.78 is 1.82. The largest absolute Gasteiger partial charge is 0.298 e. The fourth-order valence-electron chi connectivity index (χ4n) is 3.27. The molecule has 3 aromatic heterocycles. The summed E-state index contributed by atoms with van der Waals surface area (Å²) in [5.41, 5.74) is 1.36. The average Bonchev–Trinajstić information content (AvgIpc) is 3.00. The smallest absolute Gasteiger partial charge is 0.290 e. The summed E-state index contributed by atoms with van der Waals surface area (Å²) in [4.78, 5) is 29.6. The predicted molar refractivity (Wildman–Crippen MR) is 94.6 cm³/mol. The van der Waals surface area contributed by atoms with Crippen LogP contribution in [-0.4, -0.2) is 21.1 Å². The number of halogens is 1. The second-order valence-electron chi connectivity index (χ2n) is 6.77. The number of hydrogen-bond donors (Lipinski definition) is 0. The normalized spacial score (nSPS) is 15.6. The number of hydrogen-bond acceptors (Lipinski definition) is 5. The lowest BCUT2D eigenvalue weighted by atomic mass is 9.90. The molecule has 122 valence electrons. The summed E-state index contributed by atoms with van der Waals surface area (Å²) in [5, 5.41) is 5.42. The summed E-state index contributed by atoms with van der Waals surface area (Å²) in [6.07, 6.45) is 5.67. The van der Waals surface area contributed by atoms with Gasteiger partial charge in [-0.05, 0) is 29.9 Å². The number of rotatable bonds is 2. The van der Waals surface area contributed by atoms with Gasteiger partial charge < -0.3 is 0 Å². The molecule has 4 rings (SSSR count). The third-order valence-corrected chi connectivity index (χ3v) is 5.91. The number of aromatic nitrogens is 3. The zero-order valence-corrected chi connectivity index (χ0v) is 14.7. The van der Waals surface area contributed by atoms with Crippen molar-refractivity contribution in [3.8, 4) is 5.82 Å². The van der Waals surface area contributed by atoms with Crippen LogP contribution in [0.3, 0.4) is 0 Å². The number of nitrogens with zero attached hydrogens (tertiary/aromatic N) is 3. The van der Waals surface area contributed by atoms with Gasteiger partial charge in [-0.1, -0.05) is 25.4 Å². The molecule has 0 N–H and O–H groups in total. The molecule has 0 saturated carbocycles. The van der Waals surface area contributed by atoms with Crippen LogP contribution >= 0.6 is 22.9 Å². The number of carbonyl (C=O) groups is 1. The van der Waals surface area contributed by atoms with Crippen molar-refractivity contribution in [3.63, 3.8) is 0 Å². The van der Waals surface area contributed by atoms with E-state index in [1.54, 1.807) is 6.20 Å². The standard InChI is InChI=1S/C17H14ClN3O2S/c1-17(2)5-9-10-7-20-21(16(23)14(10)24-13(9)6-17)15-11(8-22)12(18)3-4-19-15/h3-4,7-8H,5-6H2,1-2H3. The molecular formula is C17H14ClN3O2S. The van der Waals surface area contributed by atoms with Crippen LogP contribution in [0, 0.1) is 5.41 Å². The lowest BCUT2D eigenvalue weighted by Gasteiger charge is -2.15. The van der Waals surface area contributed by atoms with Gasteiger partial charge in [-0.3, -0.25) is 9.59 Å². The van der Waals surface area contributed by atoms with E-state index in [1.165, 1.54) is 34.0 Å². The number of carbonyl (C=O) groups excluding carboxylic acids is 1. The Morgan fingerprint density at radius 2 is 2.17 bits per heavy atom. The highest BCUT2D eigenvalue weighted by molar-refractivity contribution is 7.19. The highest BCUT2D eigenvalue weighted by atomic mass is 35.5. The maximum atomic E-state index is 12.9. The van der Waals surface area contributed by atoms with Gasteiger partial charge >= 0.3 is 0 Å². The lowest BCUT2D eigenvalue weighted by molar-refractivity contribution is 0.112. The van der Waals surface area contributed by atoms with Crippen LogP contribution in [0.5, 0.6) is 0 Å². The molecule has 0 amide bonds. The van der Waals surface area contributed by atoms with Crippen molar-refractivity contribution in [2.24, 2.45) is 5.41 Å². The van der Waals surface area contributed by atoms with E-state index in [2.05, 4.69) is 23.9 Å². The minimum absolute atomic E-state index is 0.165. The summed E-state index contributed by atoms with van der Waals surface area (Å²) in [7, 11) is 0. The fraction of sp³-hybridized carbons (Fsp3) is 0.294. The van der Waals surface area contributed by atoms with Crippen LogP contribution < -0.4 is 5.56 Å². The molecule has 5 nitrogen and oxygen atoms in total. The van der Waals surface area contributed by atoms with Crippen LogP contribution in [0.2, 0.25) is 5.02 Å². The molecule has 0 aliphatic heterocycles. The van der Waals surface area contributed by atoms with Gasteiger partial charge in [0.15, 0.2) is 12.1 Å². The Balaban J connectivity index is 1.95. The van der Waals surface area contributed by atoms with Crippen LogP contribution in [0.4, 0.5) is 0 Å². The molecule has 0 fully saturated rings. The number of pyridine rings is 1. The third-order valence-electron chi connectivity index (χ3n) is 4.35. The minimum Gasteiger partial charge on any atom is -0.298 e. The van der Waals surface area contributed by atoms with Gasteiger partial charge in [0.1, 0.15) is 4.70 Å². The summed E-state index contributed by atoms with van der Waals surface area (Å²) in [6, 6.07) is 1.51. The molecule has 0 atom stereocenters. The van der Waals surface area contributed by atoms with Gasteiger partial charge in [0.05, 0.1) is 16.8 Å². The van der Waals surface area contributed by atoms with E-state index in [4.69, 9.17) is 11.6 Å². The van der Waals surface area contributed by atoms with E-state index >= 15 is 0 Å². The van der Waals surface area contributed by atoms with Gasteiger partial charge in [0.2, 0.25) is 0 Å². The Kier molecular flexibility index (Phi) is 3.37. The van der Waals surface area contributed by atoms with Crippen molar-refractivity contribution in [1.82, 2.24) is 14.8 Å². The molecular weight excluding hydrogens is 346 g/mol. The van der Waals surface area contributed by atoms with E-state index in [0.717, 1.165) is 22.9 Å². The molecule has 0 bridgehead atoms. The topological polar surface area (TPSA) is 64.8 Å². The second-order valence-corrected chi connectivity index (χ2v) is 8.29. The lowest BCUT2D eigenvalue weighted by Crippen LogP contribution is -2.22. The van der Waals surface area contributed by atoms with E-state index in [-0.39, 0.29) is 27.4 Å². The van der Waals surface area contributed by atoms with Gasteiger partial charge in [-0.25, -0.2) is 4.98 Å². The van der Waals surface area contributed by atoms with E-state index in [0.29, 0.717) is 11.0 Å². The summed E-state index contributed by atoms with van der Waals surface area (Å²) in [5.74, 6) is 0.165. The Morgan fingerprint density at radius 1 is 1.38 bits per heavy atom. The maximum absolute atomic E-state index is 12.9. The SMILES string of the molecule is CC1(C)Cc2sc3c(=O)n(-c4nccc(Cl)c4C=O)ncc3c2C1. The number of fused-ring (bicyclic) bond motifs is 3. The van der Waals surface area contributed by atoms with E-state index in [1.807, 2.05) is 0 Å². The van der Waals surface area contributed by atoms with Crippen molar-refractivity contribution in [3.05, 3.63) is 49.8 Å². The van der Waals surface area contributed by atoms with Crippen LogP contribution in [0.15, 0.2) is 23.3 Å². The molecule has 0 saturated heterocycles. The first-order valence-electron chi connectivity index (χ1n) is 7.54. The van der Waals surface area contributed by atoms with Gasteiger partial charge in [0.25, 0.3) is 5.56 Å². The van der Waals surface area contributed by atoms with E-state index in [9.17, 15) is 9.59 Å². The van der Waals surface area contributed by atoms with Crippen molar-refractivity contribution < 1.29 is 4.79 Å². The highest BCUT2D eigenvalue weighted by Gasteiger charge is 2.32. The molecule has 7 heteroatoms. The Bertz CT molecular complexity index is 1050. The van der Waals surface area contributed by atoms with Crippen LogP contribution in [0.25, 0.3) is 15.9 Å². The van der Waals surface area contributed by atoms with Gasteiger partial charge in [-0.15, -0.1) is 11.3 Å². The summed E-state index contributed by atoms with van der Waals surface area (Å²) >= 11 is 7.55. The fourth-order valence-corrected chi connectivity index (χ4v) is 4.93. The molecule has 3 heterocycles. The molecule has 1 aliphatic carbocycles. The maximum Gasteiger partial charge on any atom is 0.290 e. The molecule has 3 aromatic rings. The third kappa shape index (κ3) is 2.21. The molecule has 0 unspecified atom stereocenters. The Hall–Kier alpha value is -2.05. The first-order chi connectivity index (χ1) is 11.4.